The normalized spacial score (nSPS) is 17.6. The molecule has 4 rings (SSSR count). The van der Waals surface area contributed by atoms with Crippen LogP contribution < -0.4 is 27.4 Å². The van der Waals surface area contributed by atoms with Crippen LogP contribution in [0.1, 0.15) is 49.9 Å². The monoisotopic (exact) mass is 574 g/mol. The van der Waals surface area contributed by atoms with Crippen molar-refractivity contribution in [1.82, 2.24) is 20.9 Å². The maximum absolute atomic E-state index is 14.1. The van der Waals surface area contributed by atoms with Gasteiger partial charge in [-0.1, -0.05) is 62.4 Å². The first-order valence-electron chi connectivity index (χ1n) is 14.1. The van der Waals surface area contributed by atoms with Crippen LogP contribution in [0.5, 0.6) is 0 Å². The van der Waals surface area contributed by atoms with E-state index in [2.05, 4.69) is 20.9 Å². The van der Waals surface area contributed by atoms with Crippen LogP contribution in [0.15, 0.2) is 54.6 Å². The van der Waals surface area contributed by atoms with E-state index in [1.54, 1.807) is 13.8 Å². The van der Waals surface area contributed by atoms with Gasteiger partial charge in [0.15, 0.2) is 0 Å². The Kier molecular flexibility index (Phi) is 9.29. The number of nitrogens with one attached hydrogen (secondary N) is 4. The van der Waals surface area contributed by atoms with Crippen molar-refractivity contribution in [2.24, 2.45) is 17.4 Å². The molecule has 42 heavy (non-hydrogen) atoms. The smallest absolute Gasteiger partial charge is 0.246 e. The summed E-state index contributed by atoms with van der Waals surface area (Å²) < 4.78 is 0. The number of aromatic nitrogens is 1. The number of para-hydroxylation sites is 1. The standard InChI is InChI=1S/C31H38N6O5/c1-18(2)27(29(41)35-24(28(33)40)16-25(32)38)36-30(42)31(37-26(39)13-12-19-8-4-3-5-9-19)15-14-23-21(17-31)20-10-6-7-11-22(20)34-23/h3-11,18,24,27,34H,12-17H2,1-2H3,(H2,32,38)(H2,33,40)(H,35,41)(H,36,42)(H,37,39)/t24-,27-,31+/m0/s1. The molecule has 8 N–H and O–H groups in total. The number of aryl methyl sites for hydroxylation is 2. The summed E-state index contributed by atoms with van der Waals surface area (Å²) in [5, 5.41) is 9.28. The number of primary amides is 2. The molecule has 1 aliphatic rings. The molecule has 0 fully saturated rings. The highest BCUT2D eigenvalue weighted by Gasteiger charge is 2.45. The zero-order chi connectivity index (χ0) is 30.4. The Morgan fingerprint density at radius 1 is 0.952 bits per heavy atom. The Morgan fingerprint density at radius 3 is 2.31 bits per heavy atom. The molecule has 1 aliphatic carbocycles. The molecule has 3 atom stereocenters. The van der Waals surface area contributed by atoms with E-state index in [9.17, 15) is 24.0 Å². The Bertz CT molecular complexity index is 1480. The van der Waals surface area contributed by atoms with Gasteiger partial charge in [-0.15, -0.1) is 0 Å². The second kappa shape index (κ2) is 12.9. The van der Waals surface area contributed by atoms with Gasteiger partial charge in [0.05, 0.1) is 6.42 Å². The fourth-order valence-corrected chi connectivity index (χ4v) is 5.49. The van der Waals surface area contributed by atoms with Gasteiger partial charge in [0, 0.05) is 29.4 Å². The van der Waals surface area contributed by atoms with Gasteiger partial charge in [0.1, 0.15) is 17.6 Å². The number of carbonyl (C=O) groups is 5. The minimum atomic E-state index is -1.32. The molecular formula is C31H38N6O5. The van der Waals surface area contributed by atoms with Crippen molar-refractivity contribution in [3.05, 3.63) is 71.4 Å². The first-order valence-corrected chi connectivity index (χ1v) is 14.1. The molecule has 11 heteroatoms. The lowest BCUT2D eigenvalue weighted by Gasteiger charge is -2.38. The van der Waals surface area contributed by atoms with Gasteiger partial charge in [0.25, 0.3) is 0 Å². The molecule has 3 aromatic rings. The summed E-state index contributed by atoms with van der Waals surface area (Å²) in [6, 6.07) is 15.0. The molecule has 222 valence electrons. The third kappa shape index (κ3) is 6.96. The van der Waals surface area contributed by atoms with Gasteiger partial charge < -0.3 is 32.4 Å². The lowest BCUT2D eigenvalue weighted by Crippen LogP contribution is -2.65. The number of amides is 5. The van der Waals surface area contributed by atoms with Crippen molar-refractivity contribution in [1.29, 1.82) is 0 Å². The number of hydrogen-bond donors (Lipinski definition) is 6. The molecule has 0 radical (unpaired) electrons. The van der Waals surface area contributed by atoms with Gasteiger partial charge in [-0.25, -0.2) is 0 Å². The SMILES string of the molecule is CC(C)[C@H](NC(=O)[C@@]1(NC(=O)CCc2ccccc2)CCc2[nH]c3ccccc3c2C1)C(=O)N[C@@H](CC(N)=O)C(N)=O. The van der Waals surface area contributed by atoms with Crippen molar-refractivity contribution in [3.8, 4) is 0 Å². The van der Waals surface area contributed by atoms with Crippen LogP contribution in [0, 0.1) is 5.92 Å². The van der Waals surface area contributed by atoms with E-state index in [-0.39, 0.29) is 18.7 Å². The molecule has 1 aromatic heterocycles. The van der Waals surface area contributed by atoms with Crippen LogP contribution in [-0.4, -0.2) is 52.1 Å². The summed E-state index contributed by atoms with van der Waals surface area (Å²) >= 11 is 0. The predicted octanol–water partition coefficient (Wildman–Crippen LogP) is 1.13. The number of benzene rings is 2. The van der Waals surface area contributed by atoms with E-state index in [0.717, 1.165) is 27.7 Å². The van der Waals surface area contributed by atoms with Crippen molar-refractivity contribution >= 4 is 40.4 Å². The summed E-state index contributed by atoms with van der Waals surface area (Å²) in [5.74, 6) is -3.59. The van der Waals surface area contributed by atoms with E-state index in [1.165, 1.54) is 0 Å². The fourth-order valence-electron chi connectivity index (χ4n) is 5.49. The second-order valence-corrected chi connectivity index (χ2v) is 11.2. The van der Waals surface area contributed by atoms with Crippen LogP contribution in [0.4, 0.5) is 0 Å². The molecule has 0 unspecified atom stereocenters. The van der Waals surface area contributed by atoms with E-state index in [1.807, 2.05) is 54.6 Å². The van der Waals surface area contributed by atoms with Crippen molar-refractivity contribution < 1.29 is 24.0 Å². The largest absolute Gasteiger partial charge is 0.370 e. The number of aromatic amines is 1. The maximum atomic E-state index is 14.1. The highest BCUT2D eigenvalue weighted by Crippen LogP contribution is 2.34. The fraction of sp³-hybridized carbons (Fsp3) is 0.387. The summed E-state index contributed by atoms with van der Waals surface area (Å²) in [6.07, 6.45) is 1.28. The Labute approximate surface area is 244 Å². The number of fused-ring (bicyclic) bond motifs is 3. The van der Waals surface area contributed by atoms with Crippen LogP contribution in [0.2, 0.25) is 0 Å². The zero-order valence-corrected chi connectivity index (χ0v) is 23.9. The van der Waals surface area contributed by atoms with E-state index in [4.69, 9.17) is 11.5 Å². The first kappa shape index (κ1) is 30.3. The number of nitrogens with two attached hydrogens (primary N) is 2. The molecule has 0 bridgehead atoms. The average molecular weight is 575 g/mol. The average Bonchev–Trinajstić information content (AvgIpc) is 3.32. The van der Waals surface area contributed by atoms with Gasteiger partial charge in [-0.05, 0) is 42.4 Å². The second-order valence-electron chi connectivity index (χ2n) is 11.2. The Morgan fingerprint density at radius 2 is 1.64 bits per heavy atom. The lowest BCUT2D eigenvalue weighted by atomic mass is 9.78. The summed E-state index contributed by atoms with van der Waals surface area (Å²) in [7, 11) is 0. The third-order valence-corrected chi connectivity index (χ3v) is 7.78. The molecule has 2 aromatic carbocycles. The third-order valence-electron chi connectivity index (χ3n) is 7.78. The number of rotatable bonds is 12. The Balaban J connectivity index is 1.60. The topological polar surface area (TPSA) is 189 Å². The van der Waals surface area contributed by atoms with Crippen LogP contribution >= 0.6 is 0 Å². The highest BCUT2D eigenvalue weighted by atomic mass is 16.2. The Hall–Kier alpha value is -4.67. The van der Waals surface area contributed by atoms with E-state index >= 15 is 0 Å². The minimum Gasteiger partial charge on any atom is -0.370 e. The minimum absolute atomic E-state index is 0.182. The molecule has 0 saturated carbocycles. The van der Waals surface area contributed by atoms with Crippen molar-refractivity contribution in [3.63, 3.8) is 0 Å². The van der Waals surface area contributed by atoms with Crippen molar-refractivity contribution in [2.75, 3.05) is 0 Å². The van der Waals surface area contributed by atoms with Gasteiger partial charge in [-0.2, -0.15) is 0 Å². The van der Waals surface area contributed by atoms with E-state index in [0.29, 0.717) is 19.3 Å². The van der Waals surface area contributed by atoms with Gasteiger partial charge in [-0.3, -0.25) is 24.0 Å². The summed E-state index contributed by atoms with van der Waals surface area (Å²) in [4.78, 5) is 67.3. The van der Waals surface area contributed by atoms with Crippen LogP contribution in [0.3, 0.4) is 0 Å². The molecular weight excluding hydrogens is 536 g/mol. The molecule has 0 aliphatic heterocycles. The van der Waals surface area contributed by atoms with Gasteiger partial charge in [0.2, 0.25) is 29.5 Å². The maximum Gasteiger partial charge on any atom is 0.246 e. The lowest BCUT2D eigenvalue weighted by molar-refractivity contribution is -0.138. The summed E-state index contributed by atoms with van der Waals surface area (Å²) in [6.45, 7) is 3.48. The van der Waals surface area contributed by atoms with Crippen LogP contribution in [-0.2, 0) is 43.2 Å². The zero-order valence-electron chi connectivity index (χ0n) is 23.9. The van der Waals surface area contributed by atoms with Crippen molar-refractivity contribution in [2.45, 2.75) is 70.0 Å². The van der Waals surface area contributed by atoms with Crippen LogP contribution in [0.25, 0.3) is 10.9 Å². The number of carbonyl (C=O) groups excluding carboxylic acids is 5. The molecule has 1 heterocycles. The quantitative estimate of drug-likeness (QED) is 0.189. The molecule has 0 spiro atoms. The number of H-pyrrole nitrogens is 1. The first-order chi connectivity index (χ1) is 20.0. The molecule has 5 amide bonds. The molecule has 11 nitrogen and oxygen atoms in total. The predicted molar refractivity (Wildman–Crippen MR) is 158 cm³/mol. The summed E-state index contributed by atoms with van der Waals surface area (Å²) in [5.41, 5.74) is 13.1. The van der Waals surface area contributed by atoms with E-state index < -0.39 is 53.6 Å². The number of hydrogen-bond acceptors (Lipinski definition) is 5. The highest BCUT2D eigenvalue weighted by molar-refractivity contribution is 5.98. The van der Waals surface area contributed by atoms with Gasteiger partial charge >= 0.3 is 0 Å². The molecule has 0 saturated heterocycles.